The Morgan fingerprint density at radius 2 is 1.47 bits per heavy atom. The summed E-state index contributed by atoms with van der Waals surface area (Å²) < 4.78 is 23.7. The van der Waals surface area contributed by atoms with Gasteiger partial charge < -0.3 is 94.0 Å². The first-order valence-corrected chi connectivity index (χ1v) is 14.8. The zero-order valence-corrected chi connectivity index (χ0v) is 24.3. The van der Waals surface area contributed by atoms with E-state index in [2.05, 4.69) is 10.6 Å². The van der Waals surface area contributed by atoms with Gasteiger partial charge in [0.2, 0.25) is 0 Å². The highest BCUT2D eigenvalue weighted by Gasteiger charge is 2.51. The average Bonchev–Trinajstić information content (AvgIpc) is 2.97. The lowest BCUT2D eigenvalue weighted by molar-refractivity contribution is -0.316. The van der Waals surface area contributed by atoms with Gasteiger partial charge in [-0.05, 0) is 25.8 Å². The molecule has 0 aromatic carbocycles. The summed E-state index contributed by atoms with van der Waals surface area (Å²) in [5.41, 5.74) is 29.6. The zero-order valence-electron chi connectivity index (χ0n) is 24.3. The third-order valence-electron chi connectivity index (χ3n) is 8.25. The van der Waals surface area contributed by atoms with Gasteiger partial charge in [0.15, 0.2) is 12.6 Å². The second-order valence-corrected chi connectivity index (χ2v) is 11.7. The number of aliphatic hydroxyl groups excluding tert-OH is 7. The molecule has 0 bridgehead atoms. The quantitative estimate of drug-likeness (QED) is 0.0801. The predicted octanol–water partition coefficient (Wildman–Crippen LogP) is -8.00. The lowest BCUT2D eigenvalue weighted by Crippen LogP contribution is -2.69. The van der Waals surface area contributed by atoms with Crippen molar-refractivity contribution in [2.75, 3.05) is 39.3 Å². The second kappa shape index (κ2) is 17.3. The van der Waals surface area contributed by atoms with Crippen LogP contribution in [0.15, 0.2) is 0 Å². The van der Waals surface area contributed by atoms with Crippen LogP contribution < -0.4 is 39.3 Å². The van der Waals surface area contributed by atoms with Crippen molar-refractivity contribution in [3.63, 3.8) is 0 Å². The molecule has 2 aliphatic heterocycles. The Labute approximate surface area is 250 Å². The van der Waals surface area contributed by atoms with Crippen LogP contribution in [-0.4, -0.2) is 173 Å². The standard InChI is InChI=1S/C25H53N7O11/c26-2-1-10(34)6-31-8-16-15(36)4-13(29)24(40-16)42-22-12(28)3-14(32-7-11(35)5-27)23(21(22)39)43-25-20(38)18(30)19(37)17(9-33)41-25/h10-25,31-39H,1-9,26-30H2/t10?,11?,12-,13+,14+,15-,16+,17+,18-,19+,20+,21-,22+,23-,24+,25+/m0/s1. The first-order valence-electron chi connectivity index (χ1n) is 14.8. The Hall–Kier alpha value is -0.720. The van der Waals surface area contributed by atoms with Crippen molar-refractivity contribution in [2.45, 2.75) is 117 Å². The van der Waals surface area contributed by atoms with E-state index in [1.807, 2.05) is 0 Å². The maximum absolute atomic E-state index is 11.5. The van der Waals surface area contributed by atoms with Gasteiger partial charge in [-0.15, -0.1) is 0 Å². The van der Waals surface area contributed by atoms with Crippen LogP contribution in [0, 0.1) is 0 Å². The Balaban J connectivity index is 1.73. The highest BCUT2D eigenvalue weighted by Crippen LogP contribution is 2.31. The van der Waals surface area contributed by atoms with Crippen molar-refractivity contribution < 1.29 is 54.7 Å². The molecule has 0 aromatic rings. The first kappa shape index (κ1) is 36.7. The van der Waals surface area contributed by atoms with Gasteiger partial charge in [0.05, 0.1) is 43.1 Å². The number of aliphatic hydroxyl groups is 7. The minimum Gasteiger partial charge on any atom is -0.394 e. The zero-order chi connectivity index (χ0) is 31.8. The minimum atomic E-state index is -1.51. The summed E-state index contributed by atoms with van der Waals surface area (Å²) in [6.45, 7) is 0.182. The second-order valence-electron chi connectivity index (χ2n) is 11.7. The molecule has 19 N–H and O–H groups in total. The largest absolute Gasteiger partial charge is 0.394 e. The van der Waals surface area contributed by atoms with Crippen molar-refractivity contribution in [1.82, 2.24) is 10.6 Å². The van der Waals surface area contributed by atoms with Crippen molar-refractivity contribution in [3.05, 3.63) is 0 Å². The van der Waals surface area contributed by atoms with Crippen molar-refractivity contribution in [2.24, 2.45) is 28.7 Å². The summed E-state index contributed by atoms with van der Waals surface area (Å²) in [6, 6.07) is -3.44. The van der Waals surface area contributed by atoms with Crippen LogP contribution in [0.25, 0.3) is 0 Å². The molecule has 18 heteroatoms. The minimum absolute atomic E-state index is 0.0221. The monoisotopic (exact) mass is 627 g/mol. The van der Waals surface area contributed by atoms with Gasteiger partial charge in [-0.1, -0.05) is 0 Å². The van der Waals surface area contributed by atoms with Crippen LogP contribution in [0.1, 0.15) is 19.3 Å². The van der Waals surface area contributed by atoms with E-state index in [4.69, 9.17) is 47.6 Å². The molecule has 18 nitrogen and oxygen atoms in total. The third kappa shape index (κ3) is 9.64. The molecule has 254 valence electrons. The van der Waals surface area contributed by atoms with Crippen molar-refractivity contribution in [1.29, 1.82) is 0 Å². The summed E-state index contributed by atoms with van der Waals surface area (Å²) in [7, 11) is 0. The number of hydrogen-bond acceptors (Lipinski definition) is 18. The Morgan fingerprint density at radius 1 is 0.791 bits per heavy atom. The maximum atomic E-state index is 11.5. The number of nitrogens with two attached hydrogens (primary N) is 5. The molecule has 3 aliphatic rings. The first-order chi connectivity index (χ1) is 20.4. The Bertz CT molecular complexity index is 811. The van der Waals surface area contributed by atoms with Crippen LogP contribution >= 0.6 is 0 Å². The number of rotatable bonds is 15. The molecule has 1 saturated carbocycles. The fourth-order valence-electron chi connectivity index (χ4n) is 5.61. The van der Waals surface area contributed by atoms with E-state index in [0.717, 1.165) is 0 Å². The fraction of sp³-hybridized carbons (Fsp3) is 1.00. The smallest absolute Gasteiger partial charge is 0.186 e. The van der Waals surface area contributed by atoms with Gasteiger partial charge in [0.25, 0.3) is 0 Å². The van der Waals surface area contributed by atoms with E-state index >= 15 is 0 Å². The topological polar surface area (TPSA) is 333 Å². The molecule has 43 heavy (non-hydrogen) atoms. The van der Waals surface area contributed by atoms with E-state index in [1.165, 1.54) is 0 Å². The molecule has 16 atom stereocenters. The van der Waals surface area contributed by atoms with Crippen LogP contribution in [0.3, 0.4) is 0 Å². The summed E-state index contributed by atoms with van der Waals surface area (Å²) in [5, 5.41) is 78.5. The van der Waals surface area contributed by atoms with Gasteiger partial charge in [-0.3, -0.25) is 0 Å². The van der Waals surface area contributed by atoms with E-state index in [0.29, 0.717) is 13.0 Å². The molecular weight excluding hydrogens is 574 g/mol. The third-order valence-corrected chi connectivity index (χ3v) is 8.25. The Morgan fingerprint density at radius 3 is 2.12 bits per heavy atom. The molecule has 2 unspecified atom stereocenters. The lowest BCUT2D eigenvalue weighted by Gasteiger charge is -2.48. The fourth-order valence-corrected chi connectivity index (χ4v) is 5.61. The highest BCUT2D eigenvalue weighted by molar-refractivity contribution is 5.02. The summed E-state index contributed by atoms with van der Waals surface area (Å²) in [6.07, 6.45) is -12.7. The van der Waals surface area contributed by atoms with Gasteiger partial charge in [-0.25, -0.2) is 0 Å². The SMILES string of the molecule is NCCC(O)CNC[C@H]1O[C@H](O[C@H]2[C@H](O)[C@@H](O[C@H]3O[C@H](CO)[C@@H](O)[C@H](N)[C@H]3O)[C@H](NCC(O)CN)C[C@@H]2N)[C@H](N)C[C@@H]1O. The van der Waals surface area contributed by atoms with Crippen molar-refractivity contribution in [3.8, 4) is 0 Å². The number of hydrogen-bond donors (Lipinski definition) is 14. The number of nitrogens with one attached hydrogen (secondary N) is 2. The molecule has 0 radical (unpaired) electrons. The van der Waals surface area contributed by atoms with Crippen LogP contribution in [0.2, 0.25) is 0 Å². The van der Waals surface area contributed by atoms with E-state index in [1.54, 1.807) is 0 Å². The van der Waals surface area contributed by atoms with Gasteiger partial charge in [-0.2, -0.15) is 0 Å². The molecule has 2 saturated heterocycles. The predicted molar refractivity (Wildman–Crippen MR) is 151 cm³/mol. The molecule has 0 amide bonds. The molecule has 0 aromatic heterocycles. The van der Waals surface area contributed by atoms with Crippen LogP contribution in [0.4, 0.5) is 0 Å². The normalized spacial score (nSPS) is 43.8. The molecule has 1 aliphatic carbocycles. The molecular formula is C25H53N7O11. The summed E-state index contributed by atoms with van der Waals surface area (Å²) in [5.74, 6) is 0. The van der Waals surface area contributed by atoms with Gasteiger partial charge in [0.1, 0.15) is 36.6 Å². The van der Waals surface area contributed by atoms with Crippen LogP contribution in [0.5, 0.6) is 0 Å². The summed E-state index contributed by atoms with van der Waals surface area (Å²) in [4.78, 5) is 0. The maximum Gasteiger partial charge on any atom is 0.186 e. The van der Waals surface area contributed by atoms with E-state index < -0.39 is 104 Å². The molecule has 2 heterocycles. The average molecular weight is 628 g/mol. The Kier molecular flexibility index (Phi) is 14.8. The van der Waals surface area contributed by atoms with Crippen molar-refractivity contribution >= 4 is 0 Å². The lowest BCUT2D eigenvalue weighted by atomic mass is 9.83. The van der Waals surface area contributed by atoms with E-state index in [9.17, 15) is 35.7 Å². The summed E-state index contributed by atoms with van der Waals surface area (Å²) >= 11 is 0. The van der Waals surface area contributed by atoms with Gasteiger partial charge in [0, 0.05) is 38.3 Å². The molecule has 0 spiro atoms. The number of ether oxygens (including phenoxy) is 4. The van der Waals surface area contributed by atoms with E-state index in [-0.39, 0.29) is 39.0 Å². The van der Waals surface area contributed by atoms with Crippen LogP contribution in [-0.2, 0) is 18.9 Å². The van der Waals surface area contributed by atoms with Gasteiger partial charge >= 0.3 is 0 Å². The molecule has 3 fully saturated rings. The highest BCUT2D eigenvalue weighted by atomic mass is 16.7. The molecule has 3 rings (SSSR count).